The number of methoxy groups -OCH3 is 1. The van der Waals surface area contributed by atoms with E-state index < -0.39 is 18.6 Å². The quantitative estimate of drug-likeness (QED) is 0.493. The Labute approximate surface area is 172 Å². The highest BCUT2D eigenvalue weighted by Crippen LogP contribution is 2.13. The first kappa shape index (κ1) is 21.6. The van der Waals surface area contributed by atoms with E-state index in [1.54, 1.807) is 62.4 Å². The number of rotatable bonds is 8. The van der Waals surface area contributed by atoms with Gasteiger partial charge in [0, 0.05) is 15.6 Å². The molecule has 0 aliphatic carbocycles. The normalized spacial score (nSPS) is 11.6. The number of ketones is 1. The fourth-order valence-electron chi connectivity index (χ4n) is 2.41. The van der Waals surface area contributed by atoms with Gasteiger partial charge in [-0.2, -0.15) is 0 Å². The molecule has 0 aliphatic heterocycles. The third-order valence-corrected chi connectivity index (χ3v) is 4.60. The molecular weight excluding hydrogens is 426 g/mol. The van der Waals surface area contributed by atoms with Crippen LogP contribution in [0.2, 0.25) is 0 Å². The Kier molecular flexibility index (Phi) is 7.75. The number of halogens is 1. The minimum absolute atomic E-state index is 0.206. The maximum atomic E-state index is 12.4. The molecule has 2 aromatic carbocycles. The molecule has 1 amide bonds. The van der Waals surface area contributed by atoms with E-state index >= 15 is 0 Å². The van der Waals surface area contributed by atoms with Crippen LogP contribution in [0.1, 0.15) is 34.6 Å². The lowest BCUT2D eigenvalue weighted by atomic mass is 10.0. The molecule has 0 bridgehead atoms. The molecule has 1 N–H and O–H groups in total. The summed E-state index contributed by atoms with van der Waals surface area (Å²) >= 11 is 3.31. The van der Waals surface area contributed by atoms with Crippen LogP contribution in [-0.2, 0) is 9.53 Å². The van der Waals surface area contributed by atoms with Gasteiger partial charge in [-0.05, 0) is 54.4 Å². The van der Waals surface area contributed by atoms with E-state index in [4.69, 9.17) is 9.47 Å². The maximum Gasteiger partial charge on any atom is 0.329 e. The maximum absolute atomic E-state index is 12.4. The first-order valence-corrected chi connectivity index (χ1v) is 9.51. The van der Waals surface area contributed by atoms with Gasteiger partial charge in [0.15, 0.2) is 12.4 Å². The zero-order valence-corrected chi connectivity index (χ0v) is 17.5. The number of hydrogen-bond acceptors (Lipinski definition) is 5. The van der Waals surface area contributed by atoms with Crippen LogP contribution in [0.4, 0.5) is 0 Å². The van der Waals surface area contributed by atoms with E-state index in [2.05, 4.69) is 21.2 Å². The van der Waals surface area contributed by atoms with Crippen LogP contribution in [0, 0.1) is 5.92 Å². The van der Waals surface area contributed by atoms with Crippen LogP contribution in [0.5, 0.6) is 5.75 Å². The van der Waals surface area contributed by atoms with Crippen molar-refractivity contribution in [3.05, 3.63) is 64.1 Å². The van der Waals surface area contributed by atoms with E-state index in [1.165, 1.54) is 7.11 Å². The number of benzene rings is 2. The highest BCUT2D eigenvalue weighted by atomic mass is 79.9. The van der Waals surface area contributed by atoms with Crippen molar-refractivity contribution >= 4 is 33.6 Å². The Balaban J connectivity index is 1.97. The Hall–Kier alpha value is -2.67. The SMILES string of the molecule is COc1ccc(C(=O)COC(=O)C(NC(=O)c2ccc(Br)cc2)C(C)C)cc1. The third-order valence-electron chi connectivity index (χ3n) is 4.07. The van der Waals surface area contributed by atoms with E-state index in [1.807, 2.05) is 0 Å². The molecular formula is C21H22BrNO5. The highest BCUT2D eigenvalue weighted by Gasteiger charge is 2.27. The number of amides is 1. The molecule has 0 heterocycles. The predicted molar refractivity (Wildman–Crippen MR) is 109 cm³/mol. The second-order valence-corrected chi connectivity index (χ2v) is 7.38. The van der Waals surface area contributed by atoms with E-state index in [9.17, 15) is 14.4 Å². The van der Waals surface area contributed by atoms with E-state index in [0.29, 0.717) is 16.9 Å². The molecule has 28 heavy (non-hydrogen) atoms. The summed E-state index contributed by atoms with van der Waals surface area (Å²) in [5, 5.41) is 2.67. The number of esters is 1. The second kappa shape index (κ2) is 10.0. The summed E-state index contributed by atoms with van der Waals surface area (Å²) in [6.07, 6.45) is 0. The smallest absolute Gasteiger partial charge is 0.329 e. The molecule has 0 radical (unpaired) electrons. The standard InChI is InChI=1S/C21H22BrNO5/c1-13(2)19(23-20(25)15-4-8-16(22)9-5-15)21(26)28-12-18(24)14-6-10-17(27-3)11-7-14/h4-11,13,19H,12H2,1-3H3,(H,23,25). The van der Waals surface area contributed by atoms with Crippen molar-refractivity contribution in [3.8, 4) is 5.75 Å². The molecule has 2 rings (SSSR count). The van der Waals surface area contributed by atoms with E-state index in [-0.39, 0.29) is 17.6 Å². The largest absolute Gasteiger partial charge is 0.497 e. The van der Waals surface area contributed by atoms with Crippen LogP contribution in [0.25, 0.3) is 0 Å². The van der Waals surface area contributed by atoms with Gasteiger partial charge in [-0.25, -0.2) is 4.79 Å². The number of nitrogens with one attached hydrogen (secondary N) is 1. The molecule has 0 aromatic heterocycles. The van der Waals surface area contributed by atoms with Crippen molar-refractivity contribution in [3.63, 3.8) is 0 Å². The summed E-state index contributed by atoms with van der Waals surface area (Å²) in [6.45, 7) is 3.18. The van der Waals surface area contributed by atoms with Gasteiger partial charge in [0.05, 0.1) is 7.11 Å². The average molecular weight is 448 g/mol. The molecule has 0 saturated heterocycles. The van der Waals surface area contributed by atoms with Crippen molar-refractivity contribution in [2.24, 2.45) is 5.92 Å². The molecule has 2 aromatic rings. The summed E-state index contributed by atoms with van der Waals surface area (Å²) in [5.74, 6) is -0.947. The minimum Gasteiger partial charge on any atom is -0.497 e. The second-order valence-electron chi connectivity index (χ2n) is 6.46. The molecule has 6 nitrogen and oxygen atoms in total. The highest BCUT2D eigenvalue weighted by molar-refractivity contribution is 9.10. The predicted octanol–water partition coefficient (Wildman–Crippen LogP) is 3.64. The van der Waals surface area contributed by atoms with Crippen molar-refractivity contribution in [2.75, 3.05) is 13.7 Å². The molecule has 0 fully saturated rings. The van der Waals surface area contributed by atoms with Gasteiger partial charge < -0.3 is 14.8 Å². The fourth-order valence-corrected chi connectivity index (χ4v) is 2.67. The fraction of sp³-hybridized carbons (Fsp3) is 0.286. The summed E-state index contributed by atoms with van der Waals surface area (Å²) in [5.41, 5.74) is 0.838. The van der Waals surface area contributed by atoms with E-state index in [0.717, 1.165) is 4.47 Å². The lowest BCUT2D eigenvalue weighted by molar-refractivity contribution is -0.145. The summed E-state index contributed by atoms with van der Waals surface area (Å²) in [4.78, 5) is 37.0. The Bertz CT molecular complexity index is 831. The Morgan fingerprint density at radius 2 is 1.54 bits per heavy atom. The van der Waals surface area contributed by atoms with Crippen molar-refractivity contribution in [1.82, 2.24) is 5.32 Å². The van der Waals surface area contributed by atoms with Gasteiger partial charge in [0.1, 0.15) is 11.8 Å². The van der Waals surface area contributed by atoms with Gasteiger partial charge in [-0.3, -0.25) is 9.59 Å². The van der Waals surface area contributed by atoms with Crippen LogP contribution in [0.15, 0.2) is 53.0 Å². The zero-order chi connectivity index (χ0) is 20.7. The lowest BCUT2D eigenvalue weighted by Gasteiger charge is -2.20. The molecule has 148 valence electrons. The molecule has 0 spiro atoms. The molecule has 1 unspecified atom stereocenters. The first-order valence-electron chi connectivity index (χ1n) is 8.72. The van der Waals surface area contributed by atoms with Crippen molar-refractivity contribution in [2.45, 2.75) is 19.9 Å². The summed E-state index contributed by atoms with van der Waals surface area (Å²) < 4.78 is 11.0. The Morgan fingerprint density at radius 1 is 0.964 bits per heavy atom. The Morgan fingerprint density at radius 3 is 2.07 bits per heavy atom. The average Bonchev–Trinajstić information content (AvgIpc) is 2.70. The number of hydrogen-bond donors (Lipinski definition) is 1. The first-order chi connectivity index (χ1) is 13.3. The lowest BCUT2D eigenvalue weighted by Crippen LogP contribution is -2.45. The van der Waals surface area contributed by atoms with Gasteiger partial charge >= 0.3 is 5.97 Å². The molecule has 7 heteroatoms. The number of carbonyl (C=O) groups is 3. The van der Waals surface area contributed by atoms with Crippen molar-refractivity contribution in [1.29, 1.82) is 0 Å². The molecule has 0 saturated carbocycles. The van der Waals surface area contributed by atoms with Crippen LogP contribution in [0.3, 0.4) is 0 Å². The monoisotopic (exact) mass is 447 g/mol. The molecule has 1 atom stereocenters. The van der Waals surface area contributed by atoms with Crippen LogP contribution < -0.4 is 10.1 Å². The third kappa shape index (κ3) is 5.92. The van der Waals surface area contributed by atoms with Crippen LogP contribution >= 0.6 is 15.9 Å². The number of ether oxygens (including phenoxy) is 2. The van der Waals surface area contributed by atoms with Gasteiger partial charge in [0.2, 0.25) is 0 Å². The molecule has 0 aliphatic rings. The van der Waals surface area contributed by atoms with Gasteiger partial charge in [0.25, 0.3) is 5.91 Å². The number of carbonyl (C=O) groups excluding carboxylic acids is 3. The van der Waals surface area contributed by atoms with Crippen LogP contribution in [-0.4, -0.2) is 37.4 Å². The minimum atomic E-state index is -0.861. The summed E-state index contributed by atoms with van der Waals surface area (Å²) in [6, 6.07) is 12.4. The van der Waals surface area contributed by atoms with Gasteiger partial charge in [-0.15, -0.1) is 0 Å². The number of Topliss-reactive ketones (excluding diaryl/α,β-unsaturated/α-hetero) is 1. The van der Waals surface area contributed by atoms with Gasteiger partial charge in [-0.1, -0.05) is 29.8 Å². The zero-order valence-electron chi connectivity index (χ0n) is 15.9. The van der Waals surface area contributed by atoms with Crippen molar-refractivity contribution < 1.29 is 23.9 Å². The topological polar surface area (TPSA) is 81.7 Å². The summed E-state index contributed by atoms with van der Waals surface area (Å²) in [7, 11) is 1.53.